The third-order valence-electron chi connectivity index (χ3n) is 4.30. The minimum Gasteiger partial charge on any atom is -0.484 e. The summed E-state index contributed by atoms with van der Waals surface area (Å²) < 4.78 is 10.7. The molecule has 1 aromatic rings. The third kappa shape index (κ3) is 4.15. The van der Waals surface area contributed by atoms with Crippen LogP contribution in [0.3, 0.4) is 0 Å². The largest absolute Gasteiger partial charge is 0.484 e. The minimum atomic E-state index is -1.72. The Morgan fingerprint density at radius 2 is 2.03 bits per heavy atom. The van der Waals surface area contributed by atoms with Crippen LogP contribution in [0.25, 0.3) is 0 Å². The molecular weight excluding hydrogens is 456 g/mol. The van der Waals surface area contributed by atoms with Gasteiger partial charge >= 0.3 is 5.97 Å². The first-order valence-corrected chi connectivity index (χ1v) is 10.8. The predicted octanol–water partition coefficient (Wildman–Crippen LogP) is 1.67. The van der Waals surface area contributed by atoms with E-state index >= 15 is 0 Å². The fourth-order valence-electron chi connectivity index (χ4n) is 3.03. The number of ether oxygens (including phenoxy) is 2. The Morgan fingerprint density at radius 1 is 1.37 bits per heavy atom. The van der Waals surface area contributed by atoms with Gasteiger partial charge in [0, 0.05) is 29.7 Å². The molecule has 0 radical (unpaired) electrons. The summed E-state index contributed by atoms with van der Waals surface area (Å²) >= 11 is 7.76. The molecule has 2 N–H and O–H groups in total. The quantitative estimate of drug-likeness (QED) is 0.450. The first-order valence-electron chi connectivity index (χ1n) is 8.54. The Labute approximate surface area is 185 Å². The van der Waals surface area contributed by atoms with E-state index in [0.29, 0.717) is 10.8 Å². The van der Waals surface area contributed by atoms with Gasteiger partial charge in [-0.25, -0.2) is 4.79 Å². The summed E-state index contributed by atoms with van der Waals surface area (Å²) in [6.45, 7) is 0.927. The normalized spacial score (nSPS) is 22.8. The number of halogens is 1. The number of carbonyl (C=O) groups is 4. The molecule has 12 heteroatoms. The number of nitrogens with zero attached hydrogens (tertiary/aromatic N) is 1. The summed E-state index contributed by atoms with van der Waals surface area (Å²) in [7, 11) is 1.25. The van der Waals surface area contributed by atoms with Crippen molar-refractivity contribution in [3.8, 4) is 5.75 Å². The van der Waals surface area contributed by atoms with Gasteiger partial charge in [0.15, 0.2) is 11.7 Å². The molecule has 1 aromatic carbocycles. The van der Waals surface area contributed by atoms with Crippen molar-refractivity contribution in [2.45, 2.75) is 18.0 Å². The molecule has 30 heavy (non-hydrogen) atoms. The first-order chi connectivity index (χ1) is 14.2. The van der Waals surface area contributed by atoms with Gasteiger partial charge in [-0.1, -0.05) is 23.4 Å². The molecule has 1 saturated heterocycles. The molecule has 1 unspecified atom stereocenters. The molecule has 0 aliphatic carbocycles. The Kier molecular flexibility index (Phi) is 6.65. The Balaban J connectivity index is 1.74. The summed E-state index contributed by atoms with van der Waals surface area (Å²) in [5, 5.41) is 11.5. The average molecular weight is 473 g/mol. The van der Waals surface area contributed by atoms with Gasteiger partial charge in [0.1, 0.15) is 16.8 Å². The molecule has 1 fully saturated rings. The van der Waals surface area contributed by atoms with Crippen molar-refractivity contribution >= 4 is 58.0 Å². The zero-order valence-corrected chi connectivity index (χ0v) is 18.2. The number of thioether (sulfide) groups is 2. The lowest BCUT2D eigenvalue weighted by molar-refractivity contribution is -0.192. The number of β-lactam (4-membered cyclic amide) rings is 1. The lowest BCUT2D eigenvalue weighted by Crippen LogP contribution is -2.80. The highest BCUT2D eigenvalue weighted by molar-refractivity contribution is 8.17. The van der Waals surface area contributed by atoms with Gasteiger partial charge in [-0.3, -0.25) is 19.3 Å². The second-order valence-electron chi connectivity index (χ2n) is 6.24. The maximum Gasteiger partial charge on any atom is 0.353 e. The fourth-order valence-corrected chi connectivity index (χ4v) is 5.51. The topological polar surface area (TPSA) is 122 Å². The van der Waals surface area contributed by atoms with Crippen molar-refractivity contribution in [3.05, 3.63) is 39.9 Å². The van der Waals surface area contributed by atoms with E-state index in [9.17, 15) is 24.3 Å². The molecule has 160 valence electrons. The highest BCUT2D eigenvalue weighted by Gasteiger charge is 2.66. The maximum absolute atomic E-state index is 12.9. The van der Waals surface area contributed by atoms with Gasteiger partial charge in [-0.05, 0) is 24.3 Å². The van der Waals surface area contributed by atoms with Gasteiger partial charge in [0.25, 0.3) is 17.5 Å². The van der Waals surface area contributed by atoms with E-state index in [1.807, 2.05) is 0 Å². The number of carbonyl (C=O) groups excluding carboxylic acids is 3. The third-order valence-corrected chi connectivity index (χ3v) is 6.92. The Hall–Kier alpha value is -2.21. The number of fused-ring (bicyclic) bond motifs is 1. The smallest absolute Gasteiger partial charge is 0.353 e. The first kappa shape index (κ1) is 22.5. The molecule has 0 aromatic heterocycles. The van der Waals surface area contributed by atoms with E-state index < -0.39 is 28.9 Å². The van der Waals surface area contributed by atoms with Crippen molar-refractivity contribution in [3.63, 3.8) is 0 Å². The van der Waals surface area contributed by atoms with Gasteiger partial charge in [-0.15, -0.1) is 11.8 Å². The summed E-state index contributed by atoms with van der Waals surface area (Å²) in [5.41, 5.74) is -2.00. The van der Waals surface area contributed by atoms with Gasteiger partial charge in [0.2, 0.25) is 0 Å². The van der Waals surface area contributed by atoms with Crippen LogP contribution >= 0.6 is 35.1 Å². The second-order valence-corrected chi connectivity index (χ2v) is 9.02. The molecule has 2 atom stereocenters. The highest BCUT2D eigenvalue weighted by Crippen LogP contribution is 2.48. The monoisotopic (exact) mass is 472 g/mol. The van der Waals surface area contributed by atoms with Crippen LogP contribution in [-0.2, 0) is 23.9 Å². The summed E-state index contributed by atoms with van der Waals surface area (Å²) in [6, 6.07) is 6.39. The number of hydrogen-bond acceptors (Lipinski definition) is 8. The lowest BCUT2D eigenvalue weighted by atomic mass is 9.99. The van der Waals surface area contributed by atoms with Crippen LogP contribution in [0, 0.1) is 0 Å². The summed E-state index contributed by atoms with van der Waals surface area (Å²) in [6.07, 6.45) is 0. The van der Waals surface area contributed by atoms with E-state index in [2.05, 4.69) is 5.32 Å². The standard InChI is InChI=1S/C18H17ClN2O7S2/c1-9(22)30-12-8-29-17-18(27-2,16(26)21(17)14(12)15(24)25)20-13(23)7-28-11-5-3-10(19)4-6-11/h3-6,17H,7-8H2,1-2H3,(H,20,23)(H,24,25)/t17-,18?/m0/s1. The zero-order valence-electron chi connectivity index (χ0n) is 15.8. The van der Waals surface area contributed by atoms with Crippen molar-refractivity contribution in [2.75, 3.05) is 19.5 Å². The van der Waals surface area contributed by atoms with Crippen LogP contribution in [0.15, 0.2) is 34.9 Å². The summed E-state index contributed by atoms with van der Waals surface area (Å²) in [5.74, 6) is -2.09. The zero-order chi connectivity index (χ0) is 22.1. The predicted molar refractivity (Wildman–Crippen MR) is 111 cm³/mol. The second kappa shape index (κ2) is 8.88. The molecule has 0 bridgehead atoms. The van der Waals surface area contributed by atoms with Gasteiger partial charge < -0.3 is 19.9 Å². The van der Waals surface area contributed by atoms with E-state index in [-0.39, 0.29) is 28.1 Å². The molecule has 0 spiro atoms. The summed E-state index contributed by atoms with van der Waals surface area (Å²) in [4.78, 5) is 49.7. The number of benzene rings is 1. The number of amides is 2. The van der Waals surface area contributed by atoms with E-state index in [0.717, 1.165) is 16.7 Å². The molecule has 2 amide bonds. The SMILES string of the molecule is COC1(NC(=O)COc2ccc(Cl)cc2)C(=O)N2C(C(=O)O)=C(SC(C)=O)CS[C@H]21. The molecule has 3 rings (SSSR count). The molecule has 2 aliphatic heterocycles. The van der Waals surface area contributed by atoms with Crippen molar-refractivity contribution in [1.82, 2.24) is 10.2 Å². The number of aliphatic carboxylic acids is 1. The van der Waals surface area contributed by atoms with Crippen molar-refractivity contribution < 1.29 is 33.8 Å². The van der Waals surface area contributed by atoms with Crippen LogP contribution in [0.4, 0.5) is 0 Å². The maximum atomic E-state index is 12.9. The molecule has 2 heterocycles. The minimum absolute atomic E-state index is 0.183. The fraction of sp³-hybridized carbons (Fsp3) is 0.333. The molecule has 2 aliphatic rings. The number of hydrogen-bond donors (Lipinski definition) is 2. The number of methoxy groups -OCH3 is 1. The van der Waals surface area contributed by atoms with Crippen molar-refractivity contribution in [2.24, 2.45) is 0 Å². The number of carboxylic acids is 1. The number of nitrogens with one attached hydrogen (secondary N) is 1. The van der Waals surface area contributed by atoms with Crippen LogP contribution < -0.4 is 10.1 Å². The number of rotatable bonds is 7. The van der Waals surface area contributed by atoms with E-state index in [1.165, 1.54) is 25.8 Å². The van der Waals surface area contributed by atoms with E-state index in [1.54, 1.807) is 24.3 Å². The van der Waals surface area contributed by atoms with Gasteiger partial charge in [-0.2, -0.15) is 0 Å². The Bertz CT molecular complexity index is 937. The lowest BCUT2D eigenvalue weighted by Gasteiger charge is -2.55. The van der Waals surface area contributed by atoms with Crippen LogP contribution in [0.5, 0.6) is 5.75 Å². The highest BCUT2D eigenvalue weighted by atomic mass is 35.5. The number of carboxylic acid groups (broad SMARTS) is 1. The van der Waals surface area contributed by atoms with Crippen molar-refractivity contribution in [1.29, 1.82) is 0 Å². The molecule has 9 nitrogen and oxygen atoms in total. The Morgan fingerprint density at radius 3 is 2.60 bits per heavy atom. The van der Waals surface area contributed by atoms with Crippen LogP contribution in [0.2, 0.25) is 5.02 Å². The van der Waals surface area contributed by atoms with Crippen LogP contribution in [0.1, 0.15) is 6.92 Å². The van der Waals surface area contributed by atoms with E-state index in [4.69, 9.17) is 21.1 Å². The molecule has 0 saturated carbocycles. The molecular formula is C18H17ClN2O7S2. The van der Waals surface area contributed by atoms with Crippen LogP contribution in [-0.4, -0.2) is 63.5 Å². The average Bonchev–Trinajstić information content (AvgIpc) is 2.70. The van der Waals surface area contributed by atoms with Gasteiger partial charge in [0.05, 0.1) is 0 Å².